The summed E-state index contributed by atoms with van der Waals surface area (Å²) in [4.78, 5) is 10.5. The molecule has 0 saturated carbocycles. The van der Waals surface area contributed by atoms with Gasteiger partial charge in [-0.3, -0.25) is 10.1 Å². The van der Waals surface area contributed by atoms with Gasteiger partial charge in [-0.15, -0.1) is 0 Å². The molecule has 2 rings (SSSR count). The lowest BCUT2D eigenvalue weighted by molar-refractivity contribution is -0.429. The Bertz CT molecular complexity index is 392. The number of hydrogen-bond acceptors (Lipinski definition) is 3. The van der Waals surface area contributed by atoms with Crippen LogP contribution in [0.5, 0.6) is 0 Å². The van der Waals surface area contributed by atoms with Crippen LogP contribution >= 0.6 is 0 Å². The van der Waals surface area contributed by atoms with Crippen molar-refractivity contribution in [1.82, 2.24) is 0 Å². The van der Waals surface area contributed by atoms with Gasteiger partial charge in [0.1, 0.15) is 0 Å². The average Bonchev–Trinajstić information content (AvgIpc) is 2.15. The molecule has 1 aromatic carbocycles. The zero-order chi connectivity index (χ0) is 10.7. The summed E-state index contributed by atoms with van der Waals surface area (Å²) in [5, 5.41) is 10.8. The fraction of sp³-hybridized carbons (Fsp3) is 0.273. The maximum Gasteiger partial charge on any atom is 0.254 e. The Morgan fingerprint density at radius 3 is 2.47 bits per heavy atom. The van der Waals surface area contributed by atoms with Crippen LogP contribution in [0.3, 0.4) is 0 Å². The maximum atomic E-state index is 10.8. The molecule has 0 amide bonds. The first-order valence-electron chi connectivity index (χ1n) is 4.74. The highest BCUT2D eigenvalue weighted by Gasteiger charge is 2.24. The van der Waals surface area contributed by atoms with Crippen molar-refractivity contribution >= 4 is 0 Å². The molecule has 0 aliphatic carbocycles. The number of hydrogen-bond donors (Lipinski definition) is 0. The van der Waals surface area contributed by atoms with Gasteiger partial charge in [0, 0.05) is 0 Å². The van der Waals surface area contributed by atoms with Crippen molar-refractivity contribution in [2.45, 2.75) is 6.42 Å². The predicted octanol–water partition coefficient (Wildman–Crippen LogP) is 1.79. The fourth-order valence-electron chi connectivity index (χ4n) is 1.48. The second-order valence-electron chi connectivity index (χ2n) is 3.46. The Hall–Kier alpha value is -1.68. The monoisotopic (exact) mass is 205 g/mol. The van der Waals surface area contributed by atoms with E-state index in [-0.39, 0.29) is 10.6 Å². The molecule has 1 saturated heterocycles. The first-order valence-corrected chi connectivity index (χ1v) is 4.74. The minimum atomic E-state index is -0.301. The molecule has 0 N–H and O–H groups in total. The third kappa shape index (κ3) is 2.22. The third-order valence-corrected chi connectivity index (χ3v) is 2.40. The molecule has 4 heteroatoms. The van der Waals surface area contributed by atoms with Crippen molar-refractivity contribution in [3.8, 4) is 0 Å². The Morgan fingerprint density at radius 2 is 2.00 bits per heavy atom. The first kappa shape index (κ1) is 9.86. The van der Waals surface area contributed by atoms with Crippen LogP contribution in [0.1, 0.15) is 5.56 Å². The average molecular weight is 205 g/mol. The van der Waals surface area contributed by atoms with Crippen LogP contribution in [0.15, 0.2) is 41.6 Å². The number of nitrogens with zero attached hydrogens (tertiary/aromatic N) is 1. The lowest BCUT2D eigenvalue weighted by atomic mass is 10.1. The molecule has 0 atom stereocenters. The van der Waals surface area contributed by atoms with Gasteiger partial charge < -0.3 is 4.74 Å². The van der Waals surface area contributed by atoms with E-state index in [1.54, 1.807) is 0 Å². The summed E-state index contributed by atoms with van der Waals surface area (Å²) in [7, 11) is 0. The van der Waals surface area contributed by atoms with E-state index in [0.717, 1.165) is 11.1 Å². The predicted molar refractivity (Wildman–Crippen MR) is 55.0 cm³/mol. The highest BCUT2D eigenvalue weighted by Crippen LogP contribution is 2.18. The summed E-state index contributed by atoms with van der Waals surface area (Å²) in [6, 6.07) is 9.45. The molecule has 0 unspecified atom stereocenters. The normalized spacial score (nSPS) is 14.5. The first-order chi connectivity index (χ1) is 7.27. The van der Waals surface area contributed by atoms with Crippen LogP contribution in [0, 0.1) is 10.1 Å². The van der Waals surface area contributed by atoms with E-state index in [2.05, 4.69) is 0 Å². The molecule has 78 valence electrons. The molecule has 1 aliphatic heterocycles. The van der Waals surface area contributed by atoms with Gasteiger partial charge in [-0.25, -0.2) is 0 Å². The van der Waals surface area contributed by atoms with Gasteiger partial charge in [-0.2, -0.15) is 0 Å². The van der Waals surface area contributed by atoms with E-state index < -0.39 is 0 Å². The molecule has 0 spiro atoms. The van der Waals surface area contributed by atoms with Crippen molar-refractivity contribution in [1.29, 1.82) is 0 Å². The lowest BCUT2D eigenvalue weighted by Crippen LogP contribution is -2.22. The van der Waals surface area contributed by atoms with E-state index in [1.165, 1.54) is 0 Å². The van der Waals surface area contributed by atoms with Crippen molar-refractivity contribution in [2.75, 3.05) is 13.2 Å². The van der Waals surface area contributed by atoms with E-state index >= 15 is 0 Å². The van der Waals surface area contributed by atoms with Gasteiger partial charge in [-0.1, -0.05) is 30.3 Å². The van der Waals surface area contributed by atoms with Gasteiger partial charge >= 0.3 is 0 Å². The number of benzene rings is 1. The second kappa shape index (κ2) is 4.23. The number of ether oxygens (including phenoxy) is 1. The molecule has 15 heavy (non-hydrogen) atoms. The smallest absolute Gasteiger partial charge is 0.254 e. The summed E-state index contributed by atoms with van der Waals surface area (Å²) in [6.45, 7) is 0.812. The minimum Gasteiger partial charge on any atom is -0.372 e. The standard InChI is InChI=1S/C11H11NO3/c13-12(14)11(10-7-15-8-10)6-9-4-2-1-3-5-9/h1-5H,6-8H2. The zero-order valence-electron chi connectivity index (χ0n) is 8.18. The zero-order valence-corrected chi connectivity index (χ0v) is 8.18. The van der Waals surface area contributed by atoms with E-state index in [9.17, 15) is 10.1 Å². The van der Waals surface area contributed by atoms with Gasteiger partial charge in [0.2, 0.25) is 0 Å². The van der Waals surface area contributed by atoms with Crippen LogP contribution in [0.25, 0.3) is 0 Å². The Balaban J connectivity index is 2.18. The summed E-state index contributed by atoms with van der Waals surface area (Å²) in [5.41, 5.74) is 2.06. The fourth-order valence-corrected chi connectivity index (χ4v) is 1.48. The van der Waals surface area contributed by atoms with Gasteiger partial charge in [0.25, 0.3) is 5.70 Å². The summed E-state index contributed by atoms with van der Waals surface area (Å²) in [5.74, 6) is 0. The molecule has 4 nitrogen and oxygen atoms in total. The van der Waals surface area contributed by atoms with E-state index in [4.69, 9.17) is 4.74 Å². The minimum absolute atomic E-state index is 0.285. The third-order valence-electron chi connectivity index (χ3n) is 2.40. The lowest BCUT2D eigenvalue weighted by Gasteiger charge is -2.17. The van der Waals surface area contributed by atoms with Crippen LogP contribution in [-0.4, -0.2) is 18.1 Å². The topological polar surface area (TPSA) is 52.4 Å². The van der Waals surface area contributed by atoms with Crippen molar-refractivity contribution in [2.24, 2.45) is 0 Å². The van der Waals surface area contributed by atoms with Crippen LogP contribution in [-0.2, 0) is 11.2 Å². The van der Waals surface area contributed by atoms with Gasteiger partial charge in [0.05, 0.1) is 30.1 Å². The summed E-state index contributed by atoms with van der Waals surface area (Å²) < 4.78 is 4.94. The summed E-state index contributed by atoms with van der Waals surface area (Å²) >= 11 is 0. The Labute approximate surface area is 87.3 Å². The maximum absolute atomic E-state index is 10.8. The largest absolute Gasteiger partial charge is 0.372 e. The highest BCUT2D eigenvalue weighted by molar-refractivity contribution is 5.23. The molecule has 0 aromatic heterocycles. The number of allylic oxidation sites excluding steroid dienone is 1. The molecule has 0 radical (unpaired) electrons. The quantitative estimate of drug-likeness (QED) is 0.558. The Morgan fingerprint density at radius 1 is 1.33 bits per heavy atom. The van der Waals surface area contributed by atoms with Crippen LogP contribution in [0.2, 0.25) is 0 Å². The molecule has 0 bridgehead atoms. The molecule has 1 aliphatic rings. The van der Waals surface area contributed by atoms with E-state index in [1.807, 2.05) is 30.3 Å². The van der Waals surface area contributed by atoms with Crippen molar-refractivity contribution in [3.05, 3.63) is 57.3 Å². The highest BCUT2D eigenvalue weighted by atomic mass is 16.6. The van der Waals surface area contributed by atoms with Crippen LogP contribution < -0.4 is 0 Å². The second-order valence-corrected chi connectivity index (χ2v) is 3.46. The molecular weight excluding hydrogens is 194 g/mol. The van der Waals surface area contributed by atoms with E-state index in [0.29, 0.717) is 19.6 Å². The SMILES string of the molecule is O=[N+]([O-])C(Cc1ccccc1)=C1COC1. The van der Waals surface area contributed by atoms with Crippen molar-refractivity contribution < 1.29 is 9.66 Å². The molecular formula is C11H11NO3. The van der Waals surface area contributed by atoms with Gasteiger partial charge in [0.15, 0.2) is 0 Å². The molecule has 1 aromatic rings. The molecule has 1 heterocycles. The van der Waals surface area contributed by atoms with Gasteiger partial charge in [-0.05, 0) is 5.56 Å². The Kier molecular flexibility index (Phi) is 2.78. The summed E-state index contributed by atoms with van der Waals surface area (Å²) in [6.07, 6.45) is 0.381. The van der Waals surface area contributed by atoms with Crippen LogP contribution in [0.4, 0.5) is 0 Å². The molecule has 1 fully saturated rings. The number of rotatable bonds is 3. The van der Waals surface area contributed by atoms with Crippen molar-refractivity contribution in [3.63, 3.8) is 0 Å². The number of nitro groups is 1.